The number of hydrogen-bond acceptors (Lipinski definition) is 1. The summed E-state index contributed by atoms with van der Waals surface area (Å²) >= 11 is 0. The van der Waals surface area contributed by atoms with Gasteiger partial charge in [0.05, 0.1) is 0 Å². The topological polar surface area (TPSA) is 12.0 Å². The van der Waals surface area contributed by atoms with Gasteiger partial charge in [0, 0.05) is 12.1 Å². The Morgan fingerprint density at radius 2 is 1.83 bits per heavy atom. The van der Waals surface area contributed by atoms with E-state index in [-0.39, 0.29) is 5.54 Å². The molecule has 0 saturated carbocycles. The fourth-order valence-electron chi connectivity index (χ4n) is 1.78. The van der Waals surface area contributed by atoms with Crippen molar-refractivity contribution >= 4 is 0 Å². The lowest BCUT2D eigenvalue weighted by molar-refractivity contribution is 0.362. The van der Waals surface area contributed by atoms with E-state index in [2.05, 4.69) is 43.4 Å². The molecule has 0 unspecified atom stereocenters. The quantitative estimate of drug-likeness (QED) is 0.614. The molecule has 1 N–H and O–H groups in total. The molecule has 0 spiro atoms. The van der Waals surface area contributed by atoms with Crippen molar-refractivity contribution in [3.63, 3.8) is 0 Å². The molecule has 1 aliphatic rings. The van der Waals surface area contributed by atoms with Crippen LogP contribution in [0.1, 0.15) is 25.0 Å². The number of hydrogen-bond donors (Lipinski definition) is 1. The van der Waals surface area contributed by atoms with Crippen LogP contribution in [-0.2, 0) is 13.0 Å². The molecule has 1 nitrogen and oxygen atoms in total. The highest BCUT2D eigenvalue weighted by Crippen LogP contribution is 2.21. The van der Waals surface area contributed by atoms with Gasteiger partial charge in [0.25, 0.3) is 0 Å². The van der Waals surface area contributed by atoms with Crippen LogP contribution in [0.5, 0.6) is 0 Å². The monoisotopic (exact) mass is 161 g/mol. The standard InChI is InChI=1S/C11H15N/c1-11(2)7-9-5-3-4-6-10(9)8-12-11/h3-6,12H,7-8H2,1-2H3. The summed E-state index contributed by atoms with van der Waals surface area (Å²) in [5, 5.41) is 3.51. The predicted octanol–water partition coefficient (Wildman–Crippen LogP) is 2.11. The van der Waals surface area contributed by atoms with Crippen molar-refractivity contribution < 1.29 is 0 Å². The third-order valence-electron chi connectivity index (χ3n) is 2.51. The van der Waals surface area contributed by atoms with Gasteiger partial charge in [-0.15, -0.1) is 0 Å². The second-order valence-corrected chi connectivity index (χ2v) is 4.18. The van der Waals surface area contributed by atoms with Crippen molar-refractivity contribution in [2.24, 2.45) is 0 Å². The van der Waals surface area contributed by atoms with E-state index in [0.29, 0.717) is 0 Å². The molecule has 0 aliphatic carbocycles. The van der Waals surface area contributed by atoms with Crippen LogP contribution >= 0.6 is 0 Å². The second kappa shape index (κ2) is 2.60. The van der Waals surface area contributed by atoms with Crippen LogP contribution in [0.25, 0.3) is 0 Å². The van der Waals surface area contributed by atoms with Crippen LogP contribution in [0.4, 0.5) is 0 Å². The van der Waals surface area contributed by atoms with Gasteiger partial charge in [-0.25, -0.2) is 0 Å². The molecule has 12 heavy (non-hydrogen) atoms. The normalized spacial score (nSPS) is 20.2. The van der Waals surface area contributed by atoms with Crippen molar-refractivity contribution in [1.82, 2.24) is 5.32 Å². The fraction of sp³-hybridized carbons (Fsp3) is 0.455. The van der Waals surface area contributed by atoms with E-state index in [4.69, 9.17) is 0 Å². The molecule has 2 rings (SSSR count). The van der Waals surface area contributed by atoms with Gasteiger partial charge in [-0.1, -0.05) is 24.3 Å². The molecule has 0 amide bonds. The first-order valence-electron chi connectivity index (χ1n) is 4.49. The van der Waals surface area contributed by atoms with Gasteiger partial charge in [-0.2, -0.15) is 0 Å². The highest BCUT2D eigenvalue weighted by molar-refractivity contribution is 5.30. The van der Waals surface area contributed by atoms with Crippen LogP contribution in [0.2, 0.25) is 0 Å². The Balaban J connectivity index is 2.35. The summed E-state index contributed by atoms with van der Waals surface area (Å²) in [6.45, 7) is 5.52. The Morgan fingerprint density at radius 1 is 1.17 bits per heavy atom. The van der Waals surface area contributed by atoms with E-state index in [1.165, 1.54) is 11.1 Å². The molecule has 0 bridgehead atoms. The van der Waals surface area contributed by atoms with E-state index in [1.54, 1.807) is 0 Å². The Morgan fingerprint density at radius 3 is 2.58 bits per heavy atom. The molecule has 1 aromatic carbocycles. The Hall–Kier alpha value is -0.820. The van der Waals surface area contributed by atoms with Gasteiger partial charge in [0.2, 0.25) is 0 Å². The molecule has 0 aromatic heterocycles. The van der Waals surface area contributed by atoms with Crippen molar-refractivity contribution in [2.45, 2.75) is 32.4 Å². The number of fused-ring (bicyclic) bond motifs is 1. The second-order valence-electron chi connectivity index (χ2n) is 4.18. The van der Waals surface area contributed by atoms with Gasteiger partial charge in [-0.3, -0.25) is 0 Å². The summed E-state index contributed by atoms with van der Waals surface area (Å²) in [6.07, 6.45) is 1.14. The van der Waals surface area contributed by atoms with E-state index in [9.17, 15) is 0 Å². The summed E-state index contributed by atoms with van der Waals surface area (Å²) in [7, 11) is 0. The number of nitrogens with one attached hydrogen (secondary N) is 1. The molecular weight excluding hydrogens is 146 g/mol. The zero-order chi connectivity index (χ0) is 8.60. The van der Waals surface area contributed by atoms with Crippen LogP contribution in [0, 0.1) is 0 Å². The largest absolute Gasteiger partial charge is 0.307 e. The third kappa shape index (κ3) is 1.37. The maximum atomic E-state index is 3.51. The Labute approximate surface area is 73.8 Å². The first-order chi connectivity index (χ1) is 5.67. The van der Waals surface area contributed by atoms with E-state index < -0.39 is 0 Å². The van der Waals surface area contributed by atoms with Crippen LogP contribution in [-0.4, -0.2) is 5.54 Å². The van der Waals surface area contributed by atoms with E-state index >= 15 is 0 Å². The SMILES string of the molecule is CC1(C)Cc2ccccc2CN1. The highest BCUT2D eigenvalue weighted by atomic mass is 15.0. The fourth-order valence-corrected chi connectivity index (χ4v) is 1.78. The average Bonchev–Trinajstić information content (AvgIpc) is 2.02. The minimum absolute atomic E-state index is 0.272. The minimum atomic E-state index is 0.272. The molecule has 1 aromatic rings. The van der Waals surface area contributed by atoms with Gasteiger partial charge >= 0.3 is 0 Å². The summed E-state index contributed by atoms with van der Waals surface area (Å²) in [5.74, 6) is 0. The predicted molar refractivity (Wildman–Crippen MR) is 51.1 cm³/mol. The van der Waals surface area contributed by atoms with E-state index in [0.717, 1.165) is 13.0 Å². The molecule has 0 radical (unpaired) electrons. The molecule has 0 atom stereocenters. The maximum absolute atomic E-state index is 3.51. The number of rotatable bonds is 0. The summed E-state index contributed by atoms with van der Waals surface area (Å²) in [5.41, 5.74) is 3.23. The lowest BCUT2D eigenvalue weighted by atomic mass is 9.88. The Bertz CT molecular complexity index is 289. The molecular formula is C11H15N. The van der Waals surface area contributed by atoms with Crippen LogP contribution in [0.3, 0.4) is 0 Å². The van der Waals surface area contributed by atoms with Gasteiger partial charge in [0.15, 0.2) is 0 Å². The zero-order valence-corrected chi connectivity index (χ0v) is 7.72. The average molecular weight is 161 g/mol. The van der Waals surface area contributed by atoms with Gasteiger partial charge in [0.1, 0.15) is 0 Å². The lowest BCUT2D eigenvalue weighted by Crippen LogP contribution is -2.44. The van der Waals surface area contributed by atoms with E-state index in [1.807, 2.05) is 0 Å². The summed E-state index contributed by atoms with van der Waals surface area (Å²) in [4.78, 5) is 0. The van der Waals surface area contributed by atoms with Crippen molar-refractivity contribution in [2.75, 3.05) is 0 Å². The summed E-state index contributed by atoms with van der Waals surface area (Å²) in [6, 6.07) is 8.68. The van der Waals surface area contributed by atoms with Crippen molar-refractivity contribution in [1.29, 1.82) is 0 Å². The molecule has 1 heteroatoms. The van der Waals surface area contributed by atoms with Crippen molar-refractivity contribution in [3.05, 3.63) is 35.4 Å². The molecule has 0 fully saturated rings. The van der Waals surface area contributed by atoms with Crippen LogP contribution < -0.4 is 5.32 Å². The molecule has 1 aliphatic heterocycles. The molecule has 64 valence electrons. The van der Waals surface area contributed by atoms with Gasteiger partial charge in [-0.05, 0) is 31.4 Å². The summed E-state index contributed by atoms with van der Waals surface area (Å²) < 4.78 is 0. The molecule has 1 heterocycles. The maximum Gasteiger partial charge on any atom is 0.0213 e. The first kappa shape index (κ1) is 7.81. The first-order valence-corrected chi connectivity index (χ1v) is 4.49. The minimum Gasteiger partial charge on any atom is -0.307 e. The number of benzene rings is 1. The zero-order valence-electron chi connectivity index (χ0n) is 7.72. The lowest BCUT2D eigenvalue weighted by Gasteiger charge is -2.32. The Kier molecular flexibility index (Phi) is 1.69. The highest BCUT2D eigenvalue weighted by Gasteiger charge is 2.23. The van der Waals surface area contributed by atoms with Gasteiger partial charge < -0.3 is 5.32 Å². The van der Waals surface area contributed by atoms with Crippen molar-refractivity contribution in [3.8, 4) is 0 Å². The molecule has 0 saturated heterocycles. The third-order valence-corrected chi connectivity index (χ3v) is 2.51. The van der Waals surface area contributed by atoms with Crippen LogP contribution in [0.15, 0.2) is 24.3 Å². The smallest absolute Gasteiger partial charge is 0.0213 e.